The molecule has 0 unspecified atom stereocenters. The molecule has 1 amide bonds. The number of nitrogens with one attached hydrogen (secondary N) is 2. The number of nitrogens with zero attached hydrogens (tertiary/aromatic N) is 1. The molecule has 1 heterocycles. The van der Waals surface area contributed by atoms with Crippen LogP contribution in [0.3, 0.4) is 0 Å². The summed E-state index contributed by atoms with van der Waals surface area (Å²) in [6, 6.07) is 13.6. The lowest BCUT2D eigenvalue weighted by Gasteiger charge is -2.10. The van der Waals surface area contributed by atoms with Crippen LogP contribution >= 0.6 is 23.4 Å². The van der Waals surface area contributed by atoms with Gasteiger partial charge in [0.15, 0.2) is 0 Å². The number of amides is 1. The van der Waals surface area contributed by atoms with Gasteiger partial charge in [-0.05, 0) is 36.8 Å². The number of aliphatic imine (C=N–C) groups is 1. The zero-order chi connectivity index (χ0) is 20.0. The second-order valence-corrected chi connectivity index (χ2v) is 9.37. The summed E-state index contributed by atoms with van der Waals surface area (Å²) >= 11 is 7.60. The highest BCUT2D eigenvalue weighted by molar-refractivity contribution is 7.99. The largest absolute Gasteiger partial charge is 0.326 e. The van der Waals surface area contributed by atoms with Crippen LogP contribution in [0, 0.1) is 0 Å². The highest BCUT2D eigenvalue weighted by Gasteiger charge is 2.18. The third kappa shape index (κ3) is 5.73. The lowest BCUT2D eigenvalue weighted by molar-refractivity contribution is -0.115. The number of sulfonamides is 1. The summed E-state index contributed by atoms with van der Waals surface area (Å²) in [5, 5.41) is 3.40. The van der Waals surface area contributed by atoms with Gasteiger partial charge < -0.3 is 5.32 Å². The van der Waals surface area contributed by atoms with Gasteiger partial charge in [0, 0.05) is 35.7 Å². The number of carbonyl (C=O) groups excluding carboxylic acids is 1. The average Bonchev–Trinajstić information content (AvgIpc) is 3.16. The first kappa shape index (κ1) is 20.7. The first-order chi connectivity index (χ1) is 13.4. The van der Waals surface area contributed by atoms with Gasteiger partial charge in [0.2, 0.25) is 5.91 Å². The van der Waals surface area contributed by atoms with E-state index in [-0.39, 0.29) is 17.2 Å². The molecule has 2 N–H and O–H groups in total. The van der Waals surface area contributed by atoms with Crippen LogP contribution in [0.15, 0.2) is 63.3 Å². The standard InChI is InChI=1S/C19H20ClN3O3S2/c20-16-7-1-2-8-17(16)27-12-10-19(24)22-14-5-3-6-15(13-14)28(25,26)23-18-9-4-11-21-18/h1-3,5-8,13H,4,9-12H2,(H,21,23)(H,22,24). The fourth-order valence-corrected chi connectivity index (χ4v) is 4.94. The summed E-state index contributed by atoms with van der Waals surface area (Å²) < 4.78 is 27.4. The Morgan fingerprint density at radius 3 is 2.75 bits per heavy atom. The van der Waals surface area contributed by atoms with Crippen LogP contribution in [0.2, 0.25) is 5.02 Å². The molecule has 3 rings (SSSR count). The summed E-state index contributed by atoms with van der Waals surface area (Å²) in [6.07, 6.45) is 1.75. The number of benzene rings is 2. The van der Waals surface area contributed by atoms with E-state index >= 15 is 0 Å². The topological polar surface area (TPSA) is 87.6 Å². The van der Waals surface area contributed by atoms with E-state index in [9.17, 15) is 13.2 Å². The van der Waals surface area contributed by atoms with Crippen LogP contribution in [0.5, 0.6) is 0 Å². The van der Waals surface area contributed by atoms with Crippen LogP contribution < -0.4 is 10.0 Å². The minimum absolute atomic E-state index is 0.0883. The van der Waals surface area contributed by atoms with E-state index in [0.29, 0.717) is 35.3 Å². The summed E-state index contributed by atoms with van der Waals surface area (Å²) in [5.74, 6) is 0.850. The highest BCUT2D eigenvalue weighted by Crippen LogP contribution is 2.27. The maximum absolute atomic E-state index is 12.5. The van der Waals surface area contributed by atoms with Crippen molar-refractivity contribution >= 4 is 50.8 Å². The number of rotatable bonds is 7. The highest BCUT2D eigenvalue weighted by atomic mass is 35.5. The molecule has 9 heteroatoms. The minimum Gasteiger partial charge on any atom is -0.326 e. The lowest BCUT2D eigenvalue weighted by Crippen LogP contribution is -2.29. The van der Waals surface area contributed by atoms with Crippen LogP contribution in [0.25, 0.3) is 0 Å². The van der Waals surface area contributed by atoms with E-state index in [4.69, 9.17) is 11.6 Å². The maximum atomic E-state index is 12.5. The quantitative estimate of drug-likeness (QED) is 0.642. The zero-order valence-electron chi connectivity index (χ0n) is 15.0. The molecular weight excluding hydrogens is 418 g/mol. The Morgan fingerprint density at radius 2 is 2.00 bits per heavy atom. The number of hydrogen-bond acceptors (Lipinski definition) is 5. The fraction of sp³-hybridized carbons (Fsp3) is 0.263. The first-order valence-electron chi connectivity index (χ1n) is 8.77. The van der Waals surface area contributed by atoms with E-state index < -0.39 is 10.0 Å². The summed E-state index contributed by atoms with van der Waals surface area (Å²) in [7, 11) is -3.71. The van der Waals surface area contributed by atoms with Crippen molar-refractivity contribution < 1.29 is 13.2 Å². The number of thioether (sulfide) groups is 1. The third-order valence-corrected chi connectivity index (χ3v) is 6.87. The summed E-state index contributed by atoms with van der Waals surface area (Å²) in [5.41, 5.74) is 0.434. The van der Waals surface area contributed by atoms with Gasteiger partial charge in [-0.15, -0.1) is 11.8 Å². The van der Waals surface area contributed by atoms with E-state index in [1.54, 1.807) is 18.2 Å². The monoisotopic (exact) mass is 437 g/mol. The Hall–Kier alpha value is -2.03. The van der Waals surface area contributed by atoms with Crippen LogP contribution in [0.1, 0.15) is 19.3 Å². The Morgan fingerprint density at radius 1 is 1.18 bits per heavy atom. The fourth-order valence-electron chi connectivity index (χ4n) is 2.62. The number of hydrogen-bond donors (Lipinski definition) is 2. The van der Waals surface area contributed by atoms with Gasteiger partial charge in [0.1, 0.15) is 5.84 Å². The molecule has 0 fully saturated rings. The second kappa shape index (κ2) is 9.45. The minimum atomic E-state index is -3.71. The van der Waals surface area contributed by atoms with Gasteiger partial charge in [0.25, 0.3) is 10.0 Å². The predicted octanol–water partition coefficient (Wildman–Crippen LogP) is 3.93. The van der Waals surface area contributed by atoms with Gasteiger partial charge in [-0.1, -0.05) is 29.8 Å². The lowest BCUT2D eigenvalue weighted by atomic mass is 10.3. The molecular formula is C19H20ClN3O3S2. The Labute approximate surface area is 173 Å². The van der Waals surface area contributed by atoms with Crippen LogP contribution in [-0.4, -0.2) is 32.5 Å². The number of anilines is 1. The first-order valence-corrected chi connectivity index (χ1v) is 11.6. The van der Waals surface area contributed by atoms with Crippen molar-refractivity contribution in [3.63, 3.8) is 0 Å². The zero-order valence-corrected chi connectivity index (χ0v) is 17.4. The normalized spacial score (nSPS) is 13.8. The van der Waals surface area contributed by atoms with Gasteiger partial charge in [-0.3, -0.25) is 14.5 Å². The molecule has 1 aliphatic heterocycles. The molecule has 0 atom stereocenters. The van der Waals surface area contributed by atoms with Gasteiger partial charge in [0.05, 0.1) is 9.92 Å². The van der Waals surface area contributed by atoms with E-state index in [1.165, 1.54) is 23.9 Å². The van der Waals surface area contributed by atoms with E-state index in [0.717, 1.165) is 11.3 Å². The molecule has 148 valence electrons. The molecule has 0 aromatic heterocycles. The Balaban J connectivity index is 1.56. The maximum Gasteiger partial charge on any atom is 0.262 e. The summed E-state index contributed by atoms with van der Waals surface area (Å²) in [4.78, 5) is 17.3. The van der Waals surface area contributed by atoms with Gasteiger partial charge in [-0.2, -0.15) is 0 Å². The third-order valence-electron chi connectivity index (χ3n) is 3.98. The Bertz CT molecular complexity index is 993. The molecule has 6 nitrogen and oxygen atoms in total. The van der Waals surface area contributed by atoms with Crippen molar-refractivity contribution in [1.82, 2.24) is 4.72 Å². The van der Waals surface area contributed by atoms with Crippen molar-refractivity contribution in [2.75, 3.05) is 17.6 Å². The number of halogens is 1. The molecule has 0 aliphatic carbocycles. The smallest absolute Gasteiger partial charge is 0.262 e. The molecule has 2 aromatic rings. The molecule has 1 aliphatic rings. The summed E-state index contributed by atoms with van der Waals surface area (Å²) in [6.45, 7) is 0.639. The van der Waals surface area contributed by atoms with Crippen molar-refractivity contribution in [2.24, 2.45) is 4.99 Å². The number of amidine groups is 1. The van der Waals surface area contributed by atoms with E-state index in [1.807, 2.05) is 18.2 Å². The molecule has 0 radical (unpaired) electrons. The van der Waals surface area contributed by atoms with Crippen molar-refractivity contribution in [3.05, 3.63) is 53.6 Å². The van der Waals surface area contributed by atoms with Crippen LogP contribution in [-0.2, 0) is 14.8 Å². The molecule has 0 saturated carbocycles. The second-order valence-electron chi connectivity index (χ2n) is 6.14. The number of carbonyl (C=O) groups is 1. The van der Waals surface area contributed by atoms with Crippen molar-refractivity contribution in [1.29, 1.82) is 0 Å². The average molecular weight is 438 g/mol. The van der Waals surface area contributed by atoms with Crippen molar-refractivity contribution in [3.8, 4) is 0 Å². The van der Waals surface area contributed by atoms with Gasteiger partial charge >= 0.3 is 0 Å². The molecule has 0 saturated heterocycles. The molecule has 2 aromatic carbocycles. The SMILES string of the molecule is O=C(CCSc1ccccc1Cl)Nc1cccc(S(=O)(=O)NC2=NCCC2)c1. The van der Waals surface area contributed by atoms with Crippen LogP contribution in [0.4, 0.5) is 5.69 Å². The Kier molecular flexibility index (Phi) is 6.98. The molecule has 28 heavy (non-hydrogen) atoms. The molecule has 0 bridgehead atoms. The molecule has 0 spiro atoms. The van der Waals surface area contributed by atoms with Crippen molar-refractivity contribution in [2.45, 2.75) is 29.1 Å². The predicted molar refractivity (Wildman–Crippen MR) is 114 cm³/mol. The van der Waals surface area contributed by atoms with Gasteiger partial charge in [-0.25, -0.2) is 8.42 Å². The van der Waals surface area contributed by atoms with E-state index in [2.05, 4.69) is 15.0 Å².